The van der Waals surface area contributed by atoms with Crippen LogP contribution in [0.2, 0.25) is 0 Å². The van der Waals surface area contributed by atoms with Crippen LogP contribution in [0.25, 0.3) is 11.3 Å². The minimum absolute atomic E-state index is 0.261. The molecule has 0 unspecified atom stereocenters. The first-order chi connectivity index (χ1) is 6.77. The van der Waals surface area contributed by atoms with Crippen molar-refractivity contribution in [3.05, 3.63) is 48.4 Å². The van der Waals surface area contributed by atoms with E-state index in [1.54, 1.807) is 30.5 Å². The number of aromatic nitrogens is 1. The van der Waals surface area contributed by atoms with Gasteiger partial charge in [0.05, 0.1) is 11.4 Å². The van der Waals surface area contributed by atoms with Crippen molar-refractivity contribution in [2.75, 3.05) is 5.73 Å². The first kappa shape index (κ1) is 8.69. The van der Waals surface area contributed by atoms with Gasteiger partial charge in [0.25, 0.3) is 0 Å². The Labute approximate surface area is 81.2 Å². The number of rotatable bonds is 1. The van der Waals surface area contributed by atoms with Crippen LogP contribution in [0.1, 0.15) is 0 Å². The fraction of sp³-hybridized carbons (Fsp3) is 0. The molecule has 2 rings (SSSR count). The van der Waals surface area contributed by atoms with Crippen LogP contribution in [0.15, 0.2) is 42.6 Å². The number of halogens is 1. The Hall–Kier alpha value is -1.90. The minimum Gasteiger partial charge on any atom is -0.397 e. The summed E-state index contributed by atoms with van der Waals surface area (Å²) in [6.07, 6.45) is 1.66. The summed E-state index contributed by atoms with van der Waals surface area (Å²) in [6, 6.07) is 9.64. The molecule has 1 aromatic carbocycles. The van der Waals surface area contributed by atoms with Crippen molar-refractivity contribution in [3.8, 4) is 11.3 Å². The highest BCUT2D eigenvalue weighted by Gasteiger charge is 2.02. The Morgan fingerprint density at radius 1 is 1.07 bits per heavy atom. The van der Waals surface area contributed by atoms with Crippen LogP contribution in [0, 0.1) is 5.82 Å². The molecule has 0 fully saturated rings. The molecule has 2 nitrogen and oxygen atoms in total. The molecule has 1 aromatic heterocycles. The van der Waals surface area contributed by atoms with E-state index in [4.69, 9.17) is 5.73 Å². The van der Waals surface area contributed by atoms with Crippen molar-refractivity contribution in [1.29, 1.82) is 0 Å². The number of pyridine rings is 1. The van der Waals surface area contributed by atoms with E-state index in [9.17, 15) is 4.39 Å². The Morgan fingerprint density at radius 2 is 1.79 bits per heavy atom. The molecule has 2 aromatic rings. The zero-order chi connectivity index (χ0) is 9.97. The number of benzene rings is 1. The molecule has 0 amide bonds. The second kappa shape index (κ2) is 3.46. The van der Waals surface area contributed by atoms with Crippen LogP contribution in [0.3, 0.4) is 0 Å². The molecule has 0 saturated heterocycles. The molecule has 0 aliphatic heterocycles. The van der Waals surface area contributed by atoms with Gasteiger partial charge in [-0.15, -0.1) is 0 Å². The van der Waals surface area contributed by atoms with Crippen molar-refractivity contribution >= 4 is 5.69 Å². The Bertz CT molecular complexity index is 437. The topological polar surface area (TPSA) is 38.9 Å². The first-order valence-corrected chi connectivity index (χ1v) is 4.24. The van der Waals surface area contributed by atoms with Crippen LogP contribution >= 0.6 is 0 Å². The summed E-state index contributed by atoms with van der Waals surface area (Å²) in [4.78, 5) is 4.13. The molecule has 0 radical (unpaired) electrons. The molecule has 2 N–H and O–H groups in total. The Kier molecular flexibility index (Phi) is 2.14. The third kappa shape index (κ3) is 1.57. The van der Waals surface area contributed by atoms with Gasteiger partial charge < -0.3 is 5.73 Å². The van der Waals surface area contributed by atoms with Gasteiger partial charge in [-0.05, 0) is 36.4 Å². The summed E-state index contributed by atoms with van der Waals surface area (Å²) in [7, 11) is 0. The summed E-state index contributed by atoms with van der Waals surface area (Å²) in [5.74, 6) is -0.261. The van der Waals surface area contributed by atoms with Gasteiger partial charge in [-0.1, -0.05) is 0 Å². The van der Waals surface area contributed by atoms with Gasteiger partial charge in [0.1, 0.15) is 5.82 Å². The summed E-state index contributed by atoms with van der Waals surface area (Å²) in [5.41, 5.74) is 7.84. The normalized spacial score (nSPS) is 10.1. The van der Waals surface area contributed by atoms with Crippen LogP contribution in [0.5, 0.6) is 0 Å². The summed E-state index contributed by atoms with van der Waals surface area (Å²) >= 11 is 0. The van der Waals surface area contributed by atoms with E-state index in [2.05, 4.69) is 4.98 Å². The average molecular weight is 188 g/mol. The highest BCUT2D eigenvalue weighted by molar-refractivity contribution is 5.71. The molecular weight excluding hydrogens is 179 g/mol. The monoisotopic (exact) mass is 188 g/mol. The fourth-order valence-electron chi connectivity index (χ4n) is 1.27. The smallest absolute Gasteiger partial charge is 0.123 e. The number of nitrogen functional groups attached to an aromatic ring is 1. The Balaban J connectivity index is 2.50. The molecule has 3 heteroatoms. The number of hydrogen-bond acceptors (Lipinski definition) is 2. The maximum Gasteiger partial charge on any atom is 0.123 e. The molecule has 14 heavy (non-hydrogen) atoms. The molecule has 70 valence electrons. The lowest BCUT2D eigenvalue weighted by Gasteiger charge is -2.03. The predicted octanol–water partition coefficient (Wildman–Crippen LogP) is 2.47. The van der Waals surface area contributed by atoms with E-state index in [-0.39, 0.29) is 5.82 Å². The lowest BCUT2D eigenvalue weighted by atomic mass is 10.1. The number of nitrogens with two attached hydrogens (primary N) is 1. The lowest BCUT2D eigenvalue weighted by Crippen LogP contribution is -1.92. The van der Waals surface area contributed by atoms with Crippen molar-refractivity contribution in [3.63, 3.8) is 0 Å². The van der Waals surface area contributed by atoms with Gasteiger partial charge in [-0.3, -0.25) is 4.98 Å². The largest absolute Gasteiger partial charge is 0.397 e. The van der Waals surface area contributed by atoms with E-state index < -0.39 is 0 Å². The van der Waals surface area contributed by atoms with Gasteiger partial charge in [0.15, 0.2) is 0 Å². The van der Waals surface area contributed by atoms with Gasteiger partial charge in [0.2, 0.25) is 0 Å². The molecule has 0 spiro atoms. The van der Waals surface area contributed by atoms with Crippen LogP contribution in [0.4, 0.5) is 10.1 Å². The van der Waals surface area contributed by atoms with E-state index in [0.717, 1.165) is 5.56 Å². The lowest BCUT2D eigenvalue weighted by molar-refractivity contribution is 0.628. The second-order valence-electron chi connectivity index (χ2n) is 2.95. The molecule has 0 saturated carbocycles. The molecule has 1 heterocycles. The standard InChI is InChI=1S/C11H9FN2/c12-9-5-3-8(4-6-9)11-10(13)2-1-7-14-11/h1-7H,13H2. The van der Waals surface area contributed by atoms with Crippen LogP contribution in [-0.4, -0.2) is 4.98 Å². The second-order valence-corrected chi connectivity index (χ2v) is 2.95. The van der Waals surface area contributed by atoms with Gasteiger partial charge in [-0.25, -0.2) is 4.39 Å². The van der Waals surface area contributed by atoms with E-state index >= 15 is 0 Å². The molecule has 0 bridgehead atoms. The number of anilines is 1. The van der Waals surface area contributed by atoms with E-state index in [1.807, 2.05) is 0 Å². The van der Waals surface area contributed by atoms with Crippen molar-refractivity contribution < 1.29 is 4.39 Å². The first-order valence-electron chi connectivity index (χ1n) is 4.24. The van der Waals surface area contributed by atoms with Gasteiger partial charge >= 0.3 is 0 Å². The van der Waals surface area contributed by atoms with Gasteiger partial charge in [-0.2, -0.15) is 0 Å². The summed E-state index contributed by atoms with van der Waals surface area (Å²) in [6.45, 7) is 0. The summed E-state index contributed by atoms with van der Waals surface area (Å²) < 4.78 is 12.7. The molecule has 0 atom stereocenters. The summed E-state index contributed by atoms with van der Waals surface area (Å²) in [5, 5.41) is 0. The SMILES string of the molecule is Nc1cccnc1-c1ccc(F)cc1. The van der Waals surface area contributed by atoms with E-state index in [1.165, 1.54) is 12.1 Å². The van der Waals surface area contributed by atoms with Crippen molar-refractivity contribution in [2.24, 2.45) is 0 Å². The Morgan fingerprint density at radius 3 is 2.43 bits per heavy atom. The zero-order valence-corrected chi connectivity index (χ0v) is 7.44. The van der Waals surface area contributed by atoms with Crippen molar-refractivity contribution in [1.82, 2.24) is 4.98 Å². The molecular formula is C11H9FN2. The third-order valence-electron chi connectivity index (χ3n) is 1.96. The molecule has 0 aliphatic rings. The third-order valence-corrected chi connectivity index (χ3v) is 1.96. The maximum absolute atomic E-state index is 12.7. The number of hydrogen-bond donors (Lipinski definition) is 1. The van der Waals surface area contributed by atoms with Gasteiger partial charge in [0, 0.05) is 11.8 Å². The molecule has 0 aliphatic carbocycles. The zero-order valence-electron chi connectivity index (χ0n) is 7.44. The average Bonchev–Trinajstić information content (AvgIpc) is 2.20. The number of nitrogens with zero attached hydrogens (tertiary/aromatic N) is 1. The maximum atomic E-state index is 12.7. The highest BCUT2D eigenvalue weighted by atomic mass is 19.1. The fourth-order valence-corrected chi connectivity index (χ4v) is 1.27. The minimum atomic E-state index is -0.261. The van der Waals surface area contributed by atoms with E-state index in [0.29, 0.717) is 11.4 Å². The van der Waals surface area contributed by atoms with Crippen LogP contribution < -0.4 is 5.73 Å². The highest BCUT2D eigenvalue weighted by Crippen LogP contribution is 2.22. The predicted molar refractivity (Wildman–Crippen MR) is 54.0 cm³/mol. The van der Waals surface area contributed by atoms with Crippen LogP contribution in [-0.2, 0) is 0 Å². The van der Waals surface area contributed by atoms with Crippen molar-refractivity contribution in [2.45, 2.75) is 0 Å². The quantitative estimate of drug-likeness (QED) is 0.746.